The fraction of sp³-hybridized carbons (Fsp3) is 0.571. The maximum atomic E-state index is 7.28. The molecule has 2 rings (SSSR count). The zero-order chi connectivity index (χ0) is 12.5. The molecular weight excluding hydrogens is 212 g/mol. The Balaban J connectivity index is 2.48. The highest BCUT2D eigenvalue weighted by Gasteiger charge is 2.44. The van der Waals surface area contributed by atoms with Gasteiger partial charge in [-0.15, -0.1) is 0 Å². The van der Waals surface area contributed by atoms with Crippen LogP contribution < -0.4 is 0 Å². The molecule has 0 amide bonds. The van der Waals surface area contributed by atoms with Crippen molar-refractivity contribution in [2.75, 3.05) is 0 Å². The van der Waals surface area contributed by atoms with Gasteiger partial charge in [0.05, 0.1) is 13.1 Å². The summed E-state index contributed by atoms with van der Waals surface area (Å²) in [7, 11) is 0. The van der Waals surface area contributed by atoms with E-state index in [1.165, 1.54) is 6.42 Å². The smallest absolute Gasteiger partial charge is 0.220 e. The molecule has 1 aliphatic carbocycles. The number of hydrogen-bond acceptors (Lipinski definition) is 1. The van der Waals surface area contributed by atoms with Gasteiger partial charge in [0.2, 0.25) is 5.70 Å². The maximum Gasteiger partial charge on any atom is 0.220 e. The minimum atomic E-state index is -0.278. The maximum absolute atomic E-state index is 7.28. The average Bonchev–Trinajstić information content (AvgIpc) is 2.63. The van der Waals surface area contributed by atoms with Crippen molar-refractivity contribution in [1.82, 2.24) is 0 Å². The largest absolute Gasteiger partial charge is 0.506 e. The van der Waals surface area contributed by atoms with Crippen LogP contribution in [0.3, 0.4) is 0 Å². The first-order chi connectivity index (χ1) is 8.14. The van der Waals surface area contributed by atoms with E-state index in [0.717, 1.165) is 31.3 Å². The summed E-state index contributed by atoms with van der Waals surface area (Å²) in [5.74, 6) is 0.523. The van der Waals surface area contributed by atoms with E-state index in [1.807, 2.05) is 6.92 Å². The van der Waals surface area contributed by atoms with E-state index in [-0.39, 0.29) is 5.60 Å². The summed E-state index contributed by atoms with van der Waals surface area (Å²) in [5.41, 5.74) is 1.82. The van der Waals surface area contributed by atoms with Crippen LogP contribution in [0.2, 0.25) is 0 Å². The fourth-order valence-corrected chi connectivity index (χ4v) is 2.74. The summed E-state index contributed by atoms with van der Waals surface area (Å²) >= 11 is 0. The molecule has 3 nitrogen and oxygen atoms in total. The van der Waals surface area contributed by atoms with Crippen LogP contribution in [0.4, 0.5) is 0 Å². The van der Waals surface area contributed by atoms with Gasteiger partial charge in [0, 0.05) is 0 Å². The highest BCUT2D eigenvalue weighted by atomic mass is 16.5. The highest BCUT2D eigenvalue weighted by molar-refractivity contribution is 5.48. The molecule has 0 aromatic carbocycles. The third kappa shape index (κ3) is 1.72. The molecule has 0 unspecified atom stereocenters. The number of hydrogen-bond donors (Lipinski definition) is 0. The van der Waals surface area contributed by atoms with Crippen molar-refractivity contribution in [3.05, 3.63) is 45.6 Å². The topological polar surface area (TPSA) is 17.9 Å². The van der Waals surface area contributed by atoms with E-state index in [9.17, 15) is 0 Å². The quantitative estimate of drug-likeness (QED) is 0.572. The van der Waals surface area contributed by atoms with Crippen molar-refractivity contribution in [1.29, 1.82) is 0 Å². The molecule has 0 aromatic rings. The van der Waals surface area contributed by atoms with E-state index in [2.05, 4.69) is 9.69 Å². The summed E-state index contributed by atoms with van der Waals surface area (Å²) in [6.45, 7) is 18.1. The third-order valence-corrected chi connectivity index (χ3v) is 3.82. The summed E-state index contributed by atoms with van der Waals surface area (Å²) in [5, 5.41) is 0. The molecule has 0 aromatic heterocycles. The molecule has 1 spiro atoms. The zero-order valence-electron chi connectivity index (χ0n) is 10.3. The minimum Gasteiger partial charge on any atom is -0.506 e. The van der Waals surface area contributed by atoms with Gasteiger partial charge in [-0.2, -0.15) is 0 Å². The first-order valence-electron chi connectivity index (χ1n) is 6.01. The summed E-state index contributed by atoms with van der Waals surface area (Å²) in [6.07, 6.45) is 5.49. The van der Waals surface area contributed by atoms with Crippen molar-refractivity contribution in [3.8, 4) is 0 Å². The number of rotatable bonds is 0. The van der Waals surface area contributed by atoms with E-state index < -0.39 is 0 Å². The number of nitrogens with zero attached hydrogens (tertiary/aromatic N) is 2. The van der Waals surface area contributed by atoms with Crippen molar-refractivity contribution in [2.24, 2.45) is 0 Å². The zero-order valence-corrected chi connectivity index (χ0v) is 10.3. The molecule has 1 heterocycles. The lowest BCUT2D eigenvalue weighted by atomic mass is 9.80. The summed E-state index contributed by atoms with van der Waals surface area (Å²) < 4.78 is 6.04. The molecule has 1 saturated carbocycles. The Morgan fingerprint density at radius 2 is 1.88 bits per heavy atom. The van der Waals surface area contributed by atoms with E-state index in [4.69, 9.17) is 17.9 Å². The lowest BCUT2D eigenvalue weighted by molar-refractivity contribution is 0.0228. The van der Waals surface area contributed by atoms with Gasteiger partial charge in [0.15, 0.2) is 5.70 Å². The van der Waals surface area contributed by atoms with Crippen molar-refractivity contribution < 1.29 is 4.74 Å². The van der Waals surface area contributed by atoms with Crippen molar-refractivity contribution >= 4 is 0 Å². The standard InChI is InChI=1S/C14H16N2O/c1-10-12(16-4)13(11(2)15-3)17-14(10)8-6-5-7-9-14/h5-9H2,1-2H3/b13-11+. The van der Waals surface area contributed by atoms with Crippen LogP contribution in [0, 0.1) is 13.1 Å². The van der Waals surface area contributed by atoms with Crippen LogP contribution in [0.15, 0.2) is 22.7 Å². The predicted molar refractivity (Wildman–Crippen MR) is 65.5 cm³/mol. The normalized spacial score (nSPS) is 25.2. The predicted octanol–water partition coefficient (Wildman–Crippen LogP) is 4.06. The molecule has 0 N–H and O–H groups in total. The van der Waals surface area contributed by atoms with E-state index >= 15 is 0 Å². The van der Waals surface area contributed by atoms with Gasteiger partial charge >= 0.3 is 0 Å². The second-order valence-corrected chi connectivity index (χ2v) is 4.77. The lowest BCUT2D eigenvalue weighted by Gasteiger charge is -2.35. The molecule has 17 heavy (non-hydrogen) atoms. The Morgan fingerprint density at radius 3 is 2.41 bits per heavy atom. The van der Waals surface area contributed by atoms with Crippen molar-refractivity contribution in [2.45, 2.75) is 51.6 Å². The first-order valence-corrected chi connectivity index (χ1v) is 6.01. The second-order valence-electron chi connectivity index (χ2n) is 4.77. The van der Waals surface area contributed by atoms with Gasteiger partial charge in [0.25, 0.3) is 0 Å². The molecule has 0 bridgehead atoms. The lowest BCUT2D eigenvalue weighted by Crippen LogP contribution is -2.32. The fourth-order valence-electron chi connectivity index (χ4n) is 2.74. The average molecular weight is 228 g/mol. The molecule has 1 aliphatic heterocycles. The minimum absolute atomic E-state index is 0.278. The van der Waals surface area contributed by atoms with Gasteiger partial charge in [-0.1, -0.05) is 6.42 Å². The van der Waals surface area contributed by atoms with Gasteiger partial charge in [-0.3, -0.25) is 0 Å². The Bertz CT molecular complexity index is 479. The molecule has 3 heteroatoms. The van der Waals surface area contributed by atoms with Gasteiger partial charge < -0.3 is 4.74 Å². The van der Waals surface area contributed by atoms with Crippen LogP contribution in [-0.2, 0) is 4.74 Å². The Morgan fingerprint density at radius 1 is 1.24 bits per heavy atom. The molecule has 2 aliphatic rings. The van der Waals surface area contributed by atoms with Gasteiger partial charge in [0.1, 0.15) is 11.4 Å². The summed E-state index contributed by atoms with van der Waals surface area (Å²) in [6, 6.07) is 0. The summed E-state index contributed by atoms with van der Waals surface area (Å²) in [4.78, 5) is 6.98. The SMILES string of the molecule is [C-]#[N+]C1=C(C)C2(CCCCC2)O/C1=C(\C)[N+]#[C-]. The second kappa shape index (κ2) is 4.26. The van der Waals surface area contributed by atoms with Crippen LogP contribution in [-0.4, -0.2) is 5.60 Å². The monoisotopic (exact) mass is 228 g/mol. The molecule has 0 saturated heterocycles. The molecule has 0 atom stereocenters. The Hall–Kier alpha value is -1.74. The molecule has 0 radical (unpaired) electrons. The number of ether oxygens (including phenoxy) is 1. The Labute approximate surface area is 102 Å². The Kier molecular flexibility index (Phi) is 2.94. The van der Waals surface area contributed by atoms with Crippen LogP contribution in [0.5, 0.6) is 0 Å². The van der Waals surface area contributed by atoms with Gasteiger partial charge in [-0.25, -0.2) is 9.69 Å². The van der Waals surface area contributed by atoms with E-state index in [0.29, 0.717) is 17.2 Å². The van der Waals surface area contributed by atoms with Crippen LogP contribution >= 0.6 is 0 Å². The molecular formula is C14H16N2O. The van der Waals surface area contributed by atoms with E-state index in [1.54, 1.807) is 6.92 Å². The first kappa shape index (κ1) is 11.7. The number of allylic oxidation sites excluding steroid dienone is 1. The van der Waals surface area contributed by atoms with Gasteiger partial charge in [-0.05, 0) is 45.1 Å². The van der Waals surface area contributed by atoms with Crippen LogP contribution in [0.1, 0.15) is 46.0 Å². The molecule has 88 valence electrons. The van der Waals surface area contributed by atoms with Crippen molar-refractivity contribution in [3.63, 3.8) is 0 Å². The van der Waals surface area contributed by atoms with Crippen LogP contribution in [0.25, 0.3) is 9.69 Å². The molecule has 1 fully saturated rings. The highest BCUT2D eigenvalue weighted by Crippen LogP contribution is 2.48. The third-order valence-electron chi connectivity index (χ3n) is 3.82.